The predicted molar refractivity (Wildman–Crippen MR) is 134 cm³/mol. The minimum absolute atomic E-state index is 0.0797. The molecule has 8 heteroatoms. The monoisotopic (exact) mass is 472 g/mol. The fraction of sp³-hybridized carbons (Fsp3) is 0.222. The van der Waals surface area contributed by atoms with E-state index in [9.17, 15) is 9.59 Å². The second-order valence-electron chi connectivity index (χ2n) is 8.04. The number of nitrogens with one attached hydrogen (secondary N) is 2. The number of ether oxygens (including phenoxy) is 2. The summed E-state index contributed by atoms with van der Waals surface area (Å²) in [5, 5.41) is 5.96. The molecule has 0 radical (unpaired) electrons. The Morgan fingerprint density at radius 2 is 1.80 bits per heavy atom. The van der Waals surface area contributed by atoms with Crippen molar-refractivity contribution in [3.05, 3.63) is 89.9 Å². The number of hydrogen-bond acceptors (Lipinski definition) is 5. The molecule has 180 valence electrons. The summed E-state index contributed by atoms with van der Waals surface area (Å²) >= 11 is 0. The molecule has 2 heterocycles. The minimum Gasteiger partial charge on any atom is -0.493 e. The number of fused-ring (bicyclic) bond motifs is 1. The normalized spacial score (nSPS) is 11.6. The lowest BCUT2D eigenvalue weighted by atomic mass is 9.96. The Morgan fingerprint density at radius 1 is 0.971 bits per heavy atom. The Labute approximate surface area is 203 Å². The van der Waals surface area contributed by atoms with E-state index in [1.807, 2.05) is 48.7 Å². The van der Waals surface area contributed by atoms with Gasteiger partial charge in [-0.1, -0.05) is 25.1 Å². The lowest BCUT2D eigenvalue weighted by molar-refractivity contribution is 0.0944. The molecule has 2 aromatic heterocycles. The van der Waals surface area contributed by atoms with Crippen molar-refractivity contribution < 1.29 is 19.1 Å². The van der Waals surface area contributed by atoms with Crippen molar-refractivity contribution >= 4 is 23.1 Å². The van der Waals surface area contributed by atoms with Crippen molar-refractivity contribution in [3.63, 3.8) is 0 Å². The highest BCUT2D eigenvalue weighted by Crippen LogP contribution is 2.28. The number of benzene rings is 2. The summed E-state index contributed by atoms with van der Waals surface area (Å²) in [5.74, 6) is 0.692. The second-order valence-corrected chi connectivity index (χ2v) is 8.04. The maximum absolute atomic E-state index is 12.8. The van der Waals surface area contributed by atoms with Gasteiger partial charge < -0.3 is 20.1 Å². The molecule has 0 saturated carbocycles. The van der Waals surface area contributed by atoms with Crippen LogP contribution in [-0.2, 0) is 0 Å². The highest BCUT2D eigenvalue weighted by atomic mass is 16.5. The molecule has 4 aromatic rings. The van der Waals surface area contributed by atoms with Crippen LogP contribution in [0.3, 0.4) is 0 Å². The third-order valence-corrected chi connectivity index (χ3v) is 5.91. The standard InChI is InChI=1S/C27H28N4O4/c1-4-18(16-29-27(33)22-17-28-25-10-5-6-13-31(22)25)19-8-7-9-21(14-19)30-26(32)20-11-12-23(34-2)24(15-20)35-3/h5-15,17-18H,4,16H2,1-3H3,(H,29,33)(H,30,32). The van der Waals surface area contributed by atoms with E-state index in [-0.39, 0.29) is 17.7 Å². The number of pyridine rings is 1. The number of rotatable bonds is 9. The van der Waals surface area contributed by atoms with Gasteiger partial charge >= 0.3 is 0 Å². The van der Waals surface area contributed by atoms with Crippen LogP contribution in [0.4, 0.5) is 5.69 Å². The lowest BCUT2D eigenvalue weighted by Crippen LogP contribution is -2.29. The smallest absolute Gasteiger partial charge is 0.269 e. The number of nitrogens with zero attached hydrogens (tertiary/aromatic N) is 2. The van der Waals surface area contributed by atoms with Crippen molar-refractivity contribution in [3.8, 4) is 11.5 Å². The van der Waals surface area contributed by atoms with Crippen molar-refractivity contribution in [2.45, 2.75) is 19.3 Å². The summed E-state index contributed by atoms with van der Waals surface area (Å²) in [7, 11) is 3.08. The van der Waals surface area contributed by atoms with Gasteiger partial charge in [0.25, 0.3) is 11.8 Å². The number of carbonyl (C=O) groups excluding carboxylic acids is 2. The van der Waals surface area contributed by atoms with E-state index in [0.717, 1.165) is 17.6 Å². The maximum Gasteiger partial charge on any atom is 0.269 e. The van der Waals surface area contributed by atoms with Gasteiger partial charge in [-0.25, -0.2) is 4.98 Å². The van der Waals surface area contributed by atoms with E-state index in [0.29, 0.717) is 35.0 Å². The predicted octanol–water partition coefficient (Wildman–Crippen LogP) is 4.53. The van der Waals surface area contributed by atoms with Crippen LogP contribution in [0.25, 0.3) is 5.65 Å². The molecule has 0 saturated heterocycles. The molecule has 0 aliphatic heterocycles. The van der Waals surface area contributed by atoms with E-state index in [1.165, 1.54) is 7.11 Å². The van der Waals surface area contributed by atoms with Crippen LogP contribution in [0.2, 0.25) is 0 Å². The summed E-state index contributed by atoms with van der Waals surface area (Å²) in [5.41, 5.74) is 3.37. The molecule has 4 rings (SSSR count). The van der Waals surface area contributed by atoms with Gasteiger partial charge in [0.05, 0.1) is 20.4 Å². The fourth-order valence-corrected chi connectivity index (χ4v) is 3.96. The van der Waals surface area contributed by atoms with Crippen molar-refractivity contribution in [1.82, 2.24) is 14.7 Å². The van der Waals surface area contributed by atoms with E-state index in [1.54, 1.807) is 35.9 Å². The zero-order chi connectivity index (χ0) is 24.8. The summed E-state index contributed by atoms with van der Waals surface area (Å²) in [6.45, 7) is 2.53. The zero-order valence-corrected chi connectivity index (χ0v) is 19.9. The third-order valence-electron chi connectivity index (χ3n) is 5.91. The molecule has 2 aromatic carbocycles. The zero-order valence-electron chi connectivity index (χ0n) is 19.9. The van der Waals surface area contributed by atoms with Gasteiger partial charge in [-0.05, 0) is 54.4 Å². The topological polar surface area (TPSA) is 94.0 Å². The fourth-order valence-electron chi connectivity index (χ4n) is 3.96. The highest BCUT2D eigenvalue weighted by Gasteiger charge is 2.16. The second kappa shape index (κ2) is 10.7. The van der Waals surface area contributed by atoms with E-state index >= 15 is 0 Å². The Morgan fingerprint density at radius 3 is 2.57 bits per heavy atom. The molecule has 0 aliphatic rings. The van der Waals surface area contributed by atoms with Crippen molar-refractivity contribution in [1.29, 1.82) is 0 Å². The molecule has 0 spiro atoms. The summed E-state index contributed by atoms with van der Waals surface area (Å²) in [6, 6.07) is 18.3. The van der Waals surface area contributed by atoms with Gasteiger partial charge in [0.15, 0.2) is 11.5 Å². The van der Waals surface area contributed by atoms with Crippen LogP contribution in [0.15, 0.2) is 73.1 Å². The Balaban J connectivity index is 1.44. The lowest BCUT2D eigenvalue weighted by Gasteiger charge is -2.17. The molecule has 1 atom stereocenters. The number of amides is 2. The Kier molecular flexibility index (Phi) is 7.30. The van der Waals surface area contributed by atoms with E-state index < -0.39 is 0 Å². The summed E-state index contributed by atoms with van der Waals surface area (Å²) in [4.78, 5) is 29.9. The Bertz CT molecular complexity index is 1350. The van der Waals surface area contributed by atoms with Crippen molar-refractivity contribution in [2.24, 2.45) is 0 Å². The van der Waals surface area contributed by atoms with Crippen LogP contribution in [0, 0.1) is 0 Å². The molecular formula is C27H28N4O4. The first kappa shape index (κ1) is 23.8. The molecule has 2 amide bonds. The molecule has 1 unspecified atom stereocenters. The summed E-state index contributed by atoms with van der Waals surface area (Å²) in [6.07, 6.45) is 4.22. The SMILES string of the molecule is CCC(CNC(=O)c1cnc2ccccn12)c1cccc(NC(=O)c2ccc(OC)c(OC)c2)c1. The van der Waals surface area contributed by atoms with Gasteiger partial charge in [0, 0.05) is 29.9 Å². The van der Waals surface area contributed by atoms with Crippen LogP contribution in [0.5, 0.6) is 11.5 Å². The van der Waals surface area contributed by atoms with Crippen LogP contribution < -0.4 is 20.1 Å². The third kappa shape index (κ3) is 5.27. The first-order valence-corrected chi connectivity index (χ1v) is 11.4. The molecule has 2 N–H and O–H groups in total. The first-order chi connectivity index (χ1) is 17.0. The number of anilines is 1. The van der Waals surface area contributed by atoms with Crippen LogP contribution in [-0.4, -0.2) is 42.0 Å². The highest BCUT2D eigenvalue weighted by molar-refractivity contribution is 6.04. The van der Waals surface area contributed by atoms with Crippen molar-refractivity contribution in [2.75, 3.05) is 26.1 Å². The number of aromatic nitrogens is 2. The number of carbonyl (C=O) groups is 2. The van der Waals surface area contributed by atoms with Gasteiger partial charge in [0.1, 0.15) is 11.3 Å². The quantitative estimate of drug-likeness (QED) is 0.373. The summed E-state index contributed by atoms with van der Waals surface area (Å²) < 4.78 is 12.3. The van der Waals surface area contributed by atoms with E-state index in [2.05, 4.69) is 22.5 Å². The van der Waals surface area contributed by atoms with Gasteiger partial charge in [-0.15, -0.1) is 0 Å². The van der Waals surface area contributed by atoms with E-state index in [4.69, 9.17) is 9.47 Å². The van der Waals surface area contributed by atoms with Gasteiger partial charge in [-0.2, -0.15) is 0 Å². The first-order valence-electron chi connectivity index (χ1n) is 11.4. The molecule has 0 fully saturated rings. The number of imidazole rings is 1. The number of hydrogen-bond donors (Lipinski definition) is 2. The van der Waals surface area contributed by atoms with Crippen LogP contribution in [0.1, 0.15) is 45.7 Å². The average molecular weight is 473 g/mol. The van der Waals surface area contributed by atoms with Gasteiger partial charge in [-0.3, -0.25) is 14.0 Å². The molecule has 8 nitrogen and oxygen atoms in total. The molecule has 35 heavy (non-hydrogen) atoms. The largest absolute Gasteiger partial charge is 0.493 e. The molecular weight excluding hydrogens is 444 g/mol. The Hall–Kier alpha value is -4.33. The van der Waals surface area contributed by atoms with Gasteiger partial charge in [0.2, 0.25) is 0 Å². The maximum atomic E-state index is 12.8. The molecule has 0 bridgehead atoms. The number of methoxy groups -OCH3 is 2. The average Bonchev–Trinajstić information content (AvgIpc) is 3.33. The van der Waals surface area contributed by atoms with Crippen LogP contribution >= 0.6 is 0 Å². The minimum atomic E-state index is -0.253. The molecule has 0 aliphatic carbocycles.